The average molecular weight is 464 g/mol. The summed E-state index contributed by atoms with van der Waals surface area (Å²) in [7, 11) is -3.95. The maximum Gasteiger partial charge on any atom is 0.243 e. The summed E-state index contributed by atoms with van der Waals surface area (Å²) in [5.41, 5.74) is 0.546. The highest BCUT2D eigenvalue weighted by atomic mass is 35.5. The molecule has 0 fully saturated rings. The van der Waals surface area contributed by atoms with Gasteiger partial charge in [-0.15, -0.1) is 0 Å². The van der Waals surface area contributed by atoms with Crippen LogP contribution >= 0.6 is 34.8 Å². The van der Waals surface area contributed by atoms with E-state index in [-0.39, 0.29) is 23.9 Å². The number of sulfonamides is 1. The van der Waals surface area contributed by atoms with Crippen LogP contribution in [-0.2, 0) is 21.4 Å². The lowest BCUT2D eigenvalue weighted by Crippen LogP contribution is -2.40. The van der Waals surface area contributed by atoms with Crippen LogP contribution in [0.2, 0.25) is 15.1 Å². The highest BCUT2D eigenvalue weighted by Gasteiger charge is 2.27. The van der Waals surface area contributed by atoms with Gasteiger partial charge in [0.1, 0.15) is 0 Å². The molecule has 0 bridgehead atoms. The number of carbonyl (C=O) groups excluding carboxylic acids is 1. The van der Waals surface area contributed by atoms with Crippen LogP contribution in [0.5, 0.6) is 0 Å². The molecule has 0 spiro atoms. The summed E-state index contributed by atoms with van der Waals surface area (Å²) < 4.78 is 27.3. The van der Waals surface area contributed by atoms with Gasteiger partial charge in [0.25, 0.3) is 0 Å². The lowest BCUT2D eigenvalue weighted by molar-refractivity contribution is -0.121. The first-order valence-electron chi connectivity index (χ1n) is 8.70. The smallest absolute Gasteiger partial charge is 0.243 e. The minimum absolute atomic E-state index is 0.0448. The highest BCUT2D eigenvalue weighted by molar-refractivity contribution is 7.89. The van der Waals surface area contributed by atoms with E-state index in [0.717, 1.165) is 17.1 Å². The molecule has 2 aromatic carbocycles. The maximum absolute atomic E-state index is 13.1. The van der Waals surface area contributed by atoms with E-state index in [2.05, 4.69) is 5.32 Å². The second kappa shape index (κ2) is 10.5. The third kappa shape index (κ3) is 6.36. The molecule has 0 radical (unpaired) electrons. The van der Waals surface area contributed by atoms with Crippen molar-refractivity contribution in [2.24, 2.45) is 0 Å². The number of amides is 1. The zero-order chi connectivity index (χ0) is 20.7. The number of rotatable bonds is 9. The number of benzene rings is 2. The van der Waals surface area contributed by atoms with E-state index in [4.69, 9.17) is 34.8 Å². The van der Waals surface area contributed by atoms with E-state index in [1.54, 1.807) is 12.1 Å². The van der Waals surface area contributed by atoms with Gasteiger partial charge < -0.3 is 5.32 Å². The SMILES string of the molecule is CCCCNC(=O)CN(Cc1ccc(Cl)cc1Cl)S(=O)(=O)c1ccc(Cl)cc1. The topological polar surface area (TPSA) is 66.5 Å². The predicted octanol–water partition coefficient (Wildman–Crippen LogP) is 4.75. The van der Waals surface area contributed by atoms with Gasteiger partial charge in [-0.25, -0.2) is 8.42 Å². The van der Waals surface area contributed by atoms with E-state index < -0.39 is 10.0 Å². The highest BCUT2D eigenvalue weighted by Crippen LogP contribution is 2.25. The first-order chi connectivity index (χ1) is 13.2. The molecular formula is C19H21Cl3N2O3S. The lowest BCUT2D eigenvalue weighted by Gasteiger charge is -2.22. The second-order valence-corrected chi connectivity index (χ2v) is 9.38. The molecule has 0 atom stereocenters. The number of carbonyl (C=O) groups is 1. The number of nitrogens with one attached hydrogen (secondary N) is 1. The molecule has 0 aliphatic heterocycles. The Morgan fingerprint density at radius 2 is 1.68 bits per heavy atom. The van der Waals surface area contributed by atoms with Crippen LogP contribution in [0, 0.1) is 0 Å². The van der Waals surface area contributed by atoms with Crippen molar-refractivity contribution >= 4 is 50.7 Å². The Bertz CT molecular complexity index is 919. The van der Waals surface area contributed by atoms with E-state index in [0.29, 0.717) is 27.2 Å². The molecule has 1 N–H and O–H groups in total. The molecule has 0 aliphatic carbocycles. The van der Waals surface area contributed by atoms with Gasteiger partial charge in [0.05, 0.1) is 11.4 Å². The molecule has 0 unspecified atom stereocenters. The van der Waals surface area contributed by atoms with Gasteiger partial charge >= 0.3 is 0 Å². The quantitative estimate of drug-likeness (QED) is 0.546. The molecule has 0 saturated carbocycles. The molecule has 28 heavy (non-hydrogen) atoms. The molecule has 0 saturated heterocycles. The number of hydrogen-bond acceptors (Lipinski definition) is 3. The van der Waals surface area contributed by atoms with Crippen molar-refractivity contribution < 1.29 is 13.2 Å². The Morgan fingerprint density at radius 3 is 2.29 bits per heavy atom. The van der Waals surface area contributed by atoms with Crippen LogP contribution < -0.4 is 5.32 Å². The fraction of sp³-hybridized carbons (Fsp3) is 0.316. The van der Waals surface area contributed by atoms with Gasteiger partial charge in [0.15, 0.2) is 0 Å². The first kappa shape index (κ1) is 23.0. The van der Waals surface area contributed by atoms with Crippen LogP contribution in [0.15, 0.2) is 47.4 Å². The molecule has 0 heterocycles. The largest absolute Gasteiger partial charge is 0.355 e. The summed E-state index contributed by atoms with van der Waals surface area (Å²) in [6.45, 7) is 2.10. The second-order valence-electron chi connectivity index (χ2n) is 6.17. The van der Waals surface area contributed by atoms with Crippen molar-refractivity contribution in [1.82, 2.24) is 9.62 Å². The lowest BCUT2D eigenvalue weighted by atomic mass is 10.2. The van der Waals surface area contributed by atoms with Gasteiger partial charge in [0.2, 0.25) is 15.9 Å². The Kier molecular flexibility index (Phi) is 8.58. The van der Waals surface area contributed by atoms with Crippen molar-refractivity contribution in [2.75, 3.05) is 13.1 Å². The zero-order valence-corrected chi connectivity index (χ0v) is 18.4. The molecule has 2 aromatic rings. The Labute approximate surface area is 180 Å². The third-order valence-electron chi connectivity index (χ3n) is 3.99. The van der Waals surface area contributed by atoms with Gasteiger partial charge in [-0.2, -0.15) is 4.31 Å². The summed E-state index contributed by atoms with van der Waals surface area (Å²) >= 11 is 18.0. The normalized spacial score (nSPS) is 11.6. The molecule has 0 aliphatic rings. The summed E-state index contributed by atoms with van der Waals surface area (Å²) in [6.07, 6.45) is 1.74. The van der Waals surface area contributed by atoms with Crippen molar-refractivity contribution in [3.05, 3.63) is 63.1 Å². The zero-order valence-electron chi connectivity index (χ0n) is 15.3. The summed E-state index contributed by atoms with van der Waals surface area (Å²) in [5.74, 6) is -0.379. The standard InChI is InChI=1S/C19H21Cl3N2O3S/c1-2-3-10-23-19(25)13-24(12-14-4-5-16(21)11-18(14)22)28(26,27)17-8-6-15(20)7-9-17/h4-9,11H,2-3,10,12-13H2,1H3,(H,23,25). The molecule has 5 nitrogen and oxygen atoms in total. The fourth-order valence-corrected chi connectivity index (χ4v) is 4.41. The van der Waals surface area contributed by atoms with Gasteiger partial charge in [-0.3, -0.25) is 4.79 Å². The summed E-state index contributed by atoms with van der Waals surface area (Å²) in [5, 5.41) is 3.93. The molecule has 9 heteroatoms. The minimum atomic E-state index is -3.95. The van der Waals surface area contributed by atoms with Crippen molar-refractivity contribution in [2.45, 2.75) is 31.2 Å². The van der Waals surface area contributed by atoms with E-state index in [9.17, 15) is 13.2 Å². The molecule has 0 aromatic heterocycles. The van der Waals surface area contributed by atoms with Crippen LogP contribution in [0.4, 0.5) is 0 Å². The molecular weight excluding hydrogens is 443 g/mol. The maximum atomic E-state index is 13.1. The molecule has 2 rings (SSSR count). The van der Waals surface area contributed by atoms with E-state index >= 15 is 0 Å². The van der Waals surface area contributed by atoms with Crippen molar-refractivity contribution in [3.63, 3.8) is 0 Å². The average Bonchev–Trinajstić information content (AvgIpc) is 2.63. The van der Waals surface area contributed by atoms with Crippen LogP contribution in [-0.4, -0.2) is 31.7 Å². The third-order valence-corrected chi connectivity index (χ3v) is 6.63. The van der Waals surface area contributed by atoms with Gasteiger partial charge in [-0.05, 0) is 48.4 Å². The van der Waals surface area contributed by atoms with Crippen LogP contribution in [0.1, 0.15) is 25.3 Å². The van der Waals surface area contributed by atoms with Crippen LogP contribution in [0.25, 0.3) is 0 Å². The number of hydrogen-bond donors (Lipinski definition) is 1. The van der Waals surface area contributed by atoms with Crippen molar-refractivity contribution in [1.29, 1.82) is 0 Å². The molecule has 1 amide bonds. The number of unbranched alkanes of at least 4 members (excludes halogenated alkanes) is 1. The van der Waals surface area contributed by atoms with Crippen LogP contribution in [0.3, 0.4) is 0 Å². The Morgan fingerprint density at radius 1 is 1.04 bits per heavy atom. The Balaban J connectivity index is 2.31. The monoisotopic (exact) mass is 462 g/mol. The predicted molar refractivity (Wildman–Crippen MR) is 113 cm³/mol. The summed E-state index contributed by atoms with van der Waals surface area (Å²) in [4.78, 5) is 12.3. The Hall–Kier alpha value is -1.31. The van der Waals surface area contributed by atoms with Gasteiger partial charge in [-0.1, -0.05) is 54.2 Å². The fourth-order valence-electron chi connectivity index (χ4n) is 2.44. The number of nitrogens with zero attached hydrogens (tertiary/aromatic N) is 1. The first-order valence-corrected chi connectivity index (χ1v) is 11.3. The van der Waals surface area contributed by atoms with E-state index in [1.165, 1.54) is 30.3 Å². The minimum Gasteiger partial charge on any atom is -0.355 e. The molecule has 152 valence electrons. The number of halogens is 3. The van der Waals surface area contributed by atoms with Crippen molar-refractivity contribution in [3.8, 4) is 0 Å². The van der Waals surface area contributed by atoms with E-state index in [1.807, 2.05) is 6.92 Å². The summed E-state index contributed by atoms with van der Waals surface area (Å²) in [6, 6.07) is 10.6. The van der Waals surface area contributed by atoms with Gasteiger partial charge in [0, 0.05) is 28.2 Å².